The summed E-state index contributed by atoms with van der Waals surface area (Å²) in [5.74, 6) is 1.54. The van der Waals surface area contributed by atoms with E-state index < -0.39 is 0 Å². The number of thiophene rings is 1. The number of H-pyrrole nitrogens is 1. The Kier molecular flexibility index (Phi) is 5.61. The van der Waals surface area contributed by atoms with Crippen LogP contribution in [0.25, 0.3) is 32.5 Å². The van der Waals surface area contributed by atoms with Crippen LogP contribution in [0.5, 0.6) is 11.5 Å². The van der Waals surface area contributed by atoms with E-state index in [0.717, 1.165) is 16.7 Å². The van der Waals surface area contributed by atoms with Crippen LogP contribution >= 0.6 is 22.9 Å². The third kappa shape index (κ3) is 3.84. The molecule has 0 spiro atoms. The minimum absolute atomic E-state index is 0.217. The maximum Gasteiger partial charge on any atom is 0.260 e. The van der Waals surface area contributed by atoms with Gasteiger partial charge in [0.2, 0.25) is 0 Å². The molecule has 0 aliphatic rings. The summed E-state index contributed by atoms with van der Waals surface area (Å²) < 4.78 is 10.6. The lowest BCUT2D eigenvalue weighted by molar-refractivity contribution is 0.355. The Morgan fingerprint density at radius 1 is 1.10 bits per heavy atom. The lowest BCUT2D eigenvalue weighted by Crippen LogP contribution is -2.10. The number of halogens is 1. The van der Waals surface area contributed by atoms with Crippen molar-refractivity contribution in [1.82, 2.24) is 9.97 Å². The van der Waals surface area contributed by atoms with Crippen LogP contribution in [-0.4, -0.2) is 24.2 Å². The lowest BCUT2D eigenvalue weighted by atomic mass is 10.1. The summed E-state index contributed by atoms with van der Waals surface area (Å²) in [6, 6.07) is 13.5. The summed E-state index contributed by atoms with van der Waals surface area (Å²) in [6.07, 6.45) is 1.72. The van der Waals surface area contributed by atoms with Crippen LogP contribution in [0.4, 0.5) is 0 Å². The van der Waals surface area contributed by atoms with E-state index in [-0.39, 0.29) is 5.56 Å². The zero-order valence-corrected chi connectivity index (χ0v) is 18.2. The third-order valence-corrected chi connectivity index (χ3v) is 5.89. The van der Waals surface area contributed by atoms with Crippen molar-refractivity contribution in [2.24, 2.45) is 0 Å². The van der Waals surface area contributed by atoms with Gasteiger partial charge in [0, 0.05) is 10.9 Å². The smallest absolute Gasteiger partial charge is 0.260 e. The van der Waals surface area contributed by atoms with Gasteiger partial charge >= 0.3 is 0 Å². The number of aryl methyl sites for hydroxylation is 1. The number of aromatic amines is 1. The second-order valence-corrected chi connectivity index (χ2v) is 7.98. The number of methoxy groups -OCH3 is 2. The second kappa shape index (κ2) is 8.34. The first-order chi connectivity index (χ1) is 14.5. The van der Waals surface area contributed by atoms with E-state index >= 15 is 0 Å². The molecule has 30 heavy (non-hydrogen) atoms. The van der Waals surface area contributed by atoms with E-state index in [1.807, 2.05) is 42.6 Å². The fourth-order valence-corrected chi connectivity index (χ4v) is 4.33. The largest absolute Gasteiger partial charge is 0.493 e. The van der Waals surface area contributed by atoms with Crippen molar-refractivity contribution >= 4 is 44.3 Å². The molecule has 0 saturated carbocycles. The molecule has 0 unspecified atom stereocenters. The molecule has 0 amide bonds. The molecule has 4 rings (SSSR count). The van der Waals surface area contributed by atoms with Crippen LogP contribution in [-0.2, 0) is 0 Å². The molecule has 152 valence electrons. The average molecular weight is 439 g/mol. The molecule has 7 heteroatoms. The van der Waals surface area contributed by atoms with E-state index in [0.29, 0.717) is 32.6 Å². The van der Waals surface area contributed by atoms with Crippen LogP contribution in [0, 0.1) is 6.92 Å². The van der Waals surface area contributed by atoms with E-state index in [2.05, 4.69) is 9.97 Å². The number of benzene rings is 2. The molecule has 0 aliphatic heterocycles. The number of hydrogen-bond donors (Lipinski definition) is 1. The van der Waals surface area contributed by atoms with Crippen molar-refractivity contribution in [2.75, 3.05) is 14.2 Å². The first-order valence-electron chi connectivity index (χ1n) is 9.18. The van der Waals surface area contributed by atoms with Crippen molar-refractivity contribution in [3.05, 3.63) is 75.1 Å². The molecule has 0 fully saturated rings. The van der Waals surface area contributed by atoms with Gasteiger partial charge in [0.25, 0.3) is 5.56 Å². The van der Waals surface area contributed by atoms with Crippen LogP contribution < -0.4 is 15.0 Å². The lowest BCUT2D eigenvalue weighted by Gasteiger charge is -2.08. The summed E-state index contributed by atoms with van der Waals surface area (Å²) >= 11 is 7.91. The van der Waals surface area contributed by atoms with E-state index in [9.17, 15) is 4.79 Å². The van der Waals surface area contributed by atoms with Gasteiger partial charge in [-0.2, -0.15) is 0 Å². The van der Waals surface area contributed by atoms with Gasteiger partial charge in [0.15, 0.2) is 17.3 Å². The first-order valence-corrected chi connectivity index (χ1v) is 10.4. The number of nitrogens with zero attached hydrogens (tertiary/aromatic N) is 1. The van der Waals surface area contributed by atoms with Crippen molar-refractivity contribution in [2.45, 2.75) is 6.92 Å². The fraction of sp³-hybridized carbons (Fsp3) is 0.130. The summed E-state index contributed by atoms with van der Waals surface area (Å²) in [4.78, 5) is 20.9. The van der Waals surface area contributed by atoms with Crippen molar-refractivity contribution in [3.8, 4) is 22.6 Å². The van der Waals surface area contributed by atoms with Gasteiger partial charge in [0.1, 0.15) is 4.83 Å². The maximum absolute atomic E-state index is 12.9. The Labute approximate surface area is 182 Å². The molecular weight excluding hydrogens is 420 g/mol. The Balaban J connectivity index is 1.74. The quantitative estimate of drug-likeness (QED) is 0.433. The highest BCUT2D eigenvalue weighted by Gasteiger charge is 2.14. The molecule has 5 nitrogen and oxygen atoms in total. The van der Waals surface area contributed by atoms with Crippen LogP contribution in [0.15, 0.2) is 52.6 Å². The highest BCUT2D eigenvalue weighted by atomic mass is 35.5. The number of fused-ring (bicyclic) bond motifs is 1. The SMILES string of the molecule is COc1ccc(/C=C(\Cl)c2nc3scc(-c4ccc(C)cc4)c3c(=O)[nH]2)cc1OC. The van der Waals surface area contributed by atoms with Crippen molar-refractivity contribution in [3.63, 3.8) is 0 Å². The summed E-state index contributed by atoms with van der Waals surface area (Å²) in [5.41, 5.74) is 3.60. The topological polar surface area (TPSA) is 64.2 Å². The molecule has 0 saturated heterocycles. The van der Waals surface area contributed by atoms with E-state index in [4.69, 9.17) is 21.1 Å². The van der Waals surface area contributed by atoms with Gasteiger partial charge in [0.05, 0.1) is 24.6 Å². The highest BCUT2D eigenvalue weighted by molar-refractivity contribution is 7.17. The van der Waals surface area contributed by atoms with Crippen LogP contribution in [0.1, 0.15) is 17.0 Å². The summed E-state index contributed by atoms with van der Waals surface area (Å²) in [7, 11) is 3.15. The number of nitrogens with one attached hydrogen (secondary N) is 1. The average Bonchev–Trinajstić information content (AvgIpc) is 3.18. The third-order valence-electron chi connectivity index (χ3n) is 4.73. The molecule has 1 N–H and O–H groups in total. The molecule has 0 aliphatic carbocycles. The van der Waals surface area contributed by atoms with Crippen LogP contribution in [0.2, 0.25) is 0 Å². The standard InChI is InChI=1S/C23H19ClN2O3S/c1-13-4-7-15(8-5-13)16-12-30-23-20(16)22(27)25-21(26-23)17(24)10-14-6-9-18(28-2)19(11-14)29-3/h4-12H,1-3H3,(H,25,26,27)/b17-10-. The Morgan fingerprint density at radius 2 is 1.83 bits per heavy atom. The van der Waals surface area contributed by atoms with Gasteiger partial charge in [-0.05, 0) is 36.3 Å². The monoisotopic (exact) mass is 438 g/mol. The van der Waals surface area contributed by atoms with Crippen molar-refractivity contribution in [1.29, 1.82) is 0 Å². The van der Waals surface area contributed by atoms with Gasteiger partial charge in [-0.15, -0.1) is 11.3 Å². The van der Waals surface area contributed by atoms with E-state index in [1.165, 1.54) is 16.9 Å². The Bertz CT molecular complexity index is 1310. The fourth-order valence-electron chi connectivity index (χ4n) is 3.16. The molecule has 0 radical (unpaired) electrons. The van der Waals surface area contributed by atoms with E-state index in [1.54, 1.807) is 32.4 Å². The summed E-state index contributed by atoms with van der Waals surface area (Å²) in [5, 5.41) is 2.85. The Hall–Kier alpha value is -3.09. The van der Waals surface area contributed by atoms with Gasteiger partial charge < -0.3 is 14.5 Å². The molecule has 0 bridgehead atoms. The zero-order chi connectivity index (χ0) is 21.3. The predicted molar refractivity (Wildman–Crippen MR) is 124 cm³/mol. The minimum Gasteiger partial charge on any atom is -0.493 e. The minimum atomic E-state index is -0.217. The maximum atomic E-state index is 12.9. The molecule has 2 aromatic heterocycles. The highest BCUT2D eigenvalue weighted by Crippen LogP contribution is 2.33. The summed E-state index contributed by atoms with van der Waals surface area (Å²) in [6.45, 7) is 2.03. The van der Waals surface area contributed by atoms with Gasteiger partial charge in [-0.3, -0.25) is 4.79 Å². The number of hydrogen-bond acceptors (Lipinski definition) is 5. The Morgan fingerprint density at radius 3 is 2.53 bits per heavy atom. The van der Waals surface area contributed by atoms with Gasteiger partial charge in [-0.25, -0.2) is 4.98 Å². The molecule has 2 aromatic carbocycles. The molecule has 4 aromatic rings. The number of ether oxygens (including phenoxy) is 2. The molecule has 0 atom stereocenters. The predicted octanol–water partition coefficient (Wildman–Crippen LogP) is 5.71. The second-order valence-electron chi connectivity index (χ2n) is 6.72. The van der Waals surface area contributed by atoms with Crippen molar-refractivity contribution < 1.29 is 9.47 Å². The normalized spacial score (nSPS) is 11.7. The zero-order valence-electron chi connectivity index (χ0n) is 16.7. The van der Waals surface area contributed by atoms with Crippen LogP contribution in [0.3, 0.4) is 0 Å². The molecule has 2 heterocycles. The van der Waals surface area contributed by atoms with Gasteiger partial charge in [-0.1, -0.05) is 47.5 Å². The first kappa shape index (κ1) is 20.2. The number of aromatic nitrogens is 2. The number of rotatable bonds is 5. The molecular formula is C23H19ClN2O3S.